The van der Waals surface area contributed by atoms with Crippen molar-refractivity contribution < 1.29 is 4.74 Å². The van der Waals surface area contributed by atoms with Gasteiger partial charge in [-0.2, -0.15) is 5.26 Å². The average Bonchev–Trinajstić information content (AvgIpc) is 2.98. The molecule has 0 aliphatic carbocycles. The fraction of sp³-hybridized carbons (Fsp3) is 0.0556. The molecule has 2 heterocycles. The van der Waals surface area contributed by atoms with E-state index in [2.05, 4.69) is 11.1 Å². The van der Waals surface area contributed by atoms with E-state index >= 15 is 0 Å². The van der Waals surface area contributed by atoms with E-state index < -0.39 is 0 Å². The molecule has 0 spiro atoms. The first-order valence-corrected chi connectivity index (χ1v) is 7.50. The van der Waals surface area contributed by atoms with Crippen LogP contribution in [0.5, 0.6) is 5.75 Å². The molecule has 0 saturated heterocycles. The SMILES string of the molecule is N#CC1=C(N)Oc2ccc(Cl)cc2C1c1c[nH]c2ccccc12. The molecule has 1 unspecified atom stereocenters. The molecule has 0 bridgehead atoms. The Morgan fingerprint density at radius 2 is 2.00 bits per heavy atom. The number of nitrogens with zero attached hydrogens (tertiary/aromatic N) is 1. The predicted octanol–water partition coefficient (Wildman–Crippen LogP) is 4.04. The molecule has 1 aliphatic heterocycles. The van der Waals surface area contributed by atoms with Crippen LogP contribution < -0.4 is 10.5 Å². The van der Waals surface area contributed by atoms with Gasteiger partial charge >= 0.3 is 0 Å². The van der Waals surface area contributed by atoms with E-state index in [1.165, 1.54) is 0 Å². The Balaban J connectivity index is 2.02. The fourth-order valence-electron chi connectivity index (χ4n) is 3.08. The van der Waals surface area contributed by atoms with Gasteiger partial charge < -0.3 is 15.5 Å². The molecule has 23 heavy (non-hydrogen) atoms. The zero-order chi connectivity index (χ0) is 16.0. The Bertz CT molecular complexity index is 997. The summed E-state index contributed by atoms with van der Waals surface area (Å²) in [6.45, 7) is 0. The average molecular weight is 322 g/mol. The molecule has 1 aromatic heterocycles. The van der Waals surface area contributed by atoms with Crippen LogP contribution in [0.15, 0.2) is 60.1 Å². The number of para-hydroxylation sites is 1. The Hall–Kier alpha value is -2.90. The van der Waals surface area contributed by atoms with Gasteiger partial charge in [0.25, 0.3) is 0 Å². The second-order valence-corrected chi connectivity index (χ2v) is 5.83. The van der Waals surface area contributed by atoms with E-state index in [0.29, 0.717) is 16.3 Å². The fourth-order valence-corrected chi connectivity index (χ4v) is 3.27. The first kappa shape index (κ1) is 13.7. The van der Waals surface area contributed by atoms with Gasteiger partial charge in [-0.25, -0.2) is 0 Å². The lowest BCUT2D eigenvalue weighted by Gasteiger charge is -2.26. The first-order chi connectivity index (χ1) is 11.2. The lowest BCUT2D eigenvalue weighted by atomic mass is 9.83. The zero-order valence-corrected chi connectivity index (χ0v) is 12.8. The second kappa shape index (κ2) is 5.08. The molecule has 0 fully saturated rings. The van der Waals surface area contributed by atoms with Gasteiger partial charge in [0.2, 0.25) is 5.88 Å². The van der Waals surface area contributed by atoms with Crippen molar-refractivity contribution >= 4 is 22.5 Å². The summed E-state index contributed by atoms with van der Waals surface area (Å²) in [5.74, 6) is 0.456. The van der Waals surface area contributed by atoms with Gasteiger partial charge in [0, 0.05) is 27.7 Å². The monoisotopic (exact) mass is 321 g/mol. The Morgan fingerprint density at radius 3 is 2.83 bits per heavy atom. The topological polar surface area (TPSA) is 74.8 Å². The molecule has 4 rings (SSSR count). The van der Waals surface area contributed by atoms with Crippen molar-refractivity contribution in [1.82, 2.24) is 4.98 Å². The summed E-state index contributed by atoms with van der Waals surface area (Å²) >= 11 is 6.16. The summed E-state index contributed by atoms with van der Waals surface area (Å²) in [5.41, 5.74) is 9.19. The van der Waals surface area contributed by atoms with E-state index in [1.807, 2.05) is 36.5 Å². The molecule has 2 aromatic carbocycles. The van der Waals surface area contributed by atoms with E-state index in [9.17, 15) is 5.26 Å². The van der Waals surface area contributed by atoms with Gasteiger partial charge in [-0.15, -0.1) is 0 Å². The molecule has 112 valence electrons. The maximum atomic E-state index is 9.59. The maximum Gasteiger partial charge on any atom is 0.205 e. The minimum absolute atomic E-state index is 0.137. The van der Waals surface area contributed by atoms with E-state index in [-0.39, 0.29) is 11.8 Å². The van der Waals surface area contributed by atoms with Crippen molar-refractivity contribution in [2.45, 2.75) is 5.92 Å². The van der Waals surface area contributed by atoms with Gasteiger partial charge in [0.05, 0.1) is 5.92 Å². The molecular formula is C18H12ClN3O. The van der Waals surface area contributed by atoms with Gasteiger partial charge in [-0.3, -0.25) is 0 Å². The summed E-state index contributed by atoms with van der Waals surface area (Å²) in [6.07, 6.45) is 1.91. The smallest absolute Gasteiger partial charge is 0.205 e. The maximum absolute atomic E-state index is 9.59. The number of ether oxygens (including phenoxy) is 1. The summed E-state index contributed by atoms with van der Waals surface area (Å²) in [7, 11) is 0. The number of nitriles is 1. The molecule has 4 nitrogen and oxygen atoms in total. The summed E-state index contributed by atoms with van der Waals surface area (Å²) in [5, 5.41) is 11.2. The third-order valence-electron chi connectivity index (χ3n) is 4.11. The van der Waals surface area contributed by atoms with Crippen molar-refractivity contribution in [3.63, 3.8) is 0 Å². The van der Waals surface area contributed by atoms with Crippen LogP contribution in [0.2, 0.25) is 5.02 Å². The second-order valence-electron chi connectivity index (χ2n) is 5.40. The number of aromatic nitrogens is 1. The summed E-state index contributed by atoms with van der Waals surface area (Å²) in [4.78, 5) is 3.24. The van der Waals surface area contributed by atoms with Crippen LogP contribution in [0.4, 0.5) is 0 Å². The Morgan fingerprint density at radius 1 is 1.17 bits per heavy atom. The van der Waals surface area contributed by atoms with Crippen LogP contribution in [0.1, 0.15) is 17.0 Å². The van der Waals surface area contributed by atoms with Gasteiger partial charge in [-0.05, 0) is 29.8 Å². The van der Waals surface area contributed by atoms with Crippen LogP contribution in [0, 0.1) is 11.3 Å². The highest BCUT2D eigenvalue weighted by Gasteiger charge is 2.32. The predicted molar refractivity (Wildman–Crippen MR) is 89.0 cm³/mol. The number of halogens is 1. The summed E-state index contributed by atoms with van der Waals surface area (Å²) in [6, 6.07) is 15.5. The van der Waals surface area contributed by atoms with Gasteiger partial charge in [-0.1, -0.05) is 29.8 Å². The molecule has 0 radical (unpaired) electrons. The number of allylic oxidation sites excluding steroid dienone is 1. The first-order valence-electron chi connectivity index (χ1n) is 7.12. The van der Waals surface area contributed by atoms with Gasteiger partial charge in [0.1, 0.15) is 17.4 Å². The normalized spacial score (nSPS) is 16.8. The minimum atomic E-state index is -0.307. The summed E-state index contributed by atoms with van der Waals surface area (Å²) < 4.78 is 5.60. The number of aromatic amines is 1. The highest BCUT2D eigenvalue weighted by molar-refractivity contribution is 6.30. The molecule has 0 saturated carbocycles. The molecule has 5 heteroatoms. The number of nitrogens with two attached hydrogens (primary N) is 1. The number of hydrogen-bond donors (Lipinski definition) is 2. The largest absolute Gasteiger partial charge is 0.440 e. The molecule has 3 N–H and O–H groups in total. The lowest BCUT2D eigenvalue weighted by molar-refractivity contribution is 0.394. The molecule has 1 atom stereocenters. The van der Waals surface area contributed by atoms with Crippen LogP contribution in [0.3, 0.4) is 0 Å². The Kier molecular flexibility index (Phi) is 3.03. The number of nitrogens with one attached hydrogen (secondary N) is 1. The third kappa shape index (κ3) is 2.06. The molecule has 1 aliphatic rings. The van der Waals surface area contributed by atoms with Crippen molar-refractivity contribution in [2.75, 3.05) is 0 Å². The van der Waals surface area contributed by atoms with Crippen molar-refractivity contribution in [2.24, 2.45) is 5.73 Å². The molecular weight excluding hydrogens is 310 g/mol. The van der Waals surface area contributed by atoms with Crippen LogP contribution >= 0.6 is 11.6 Å². The number of rotatable bonds is 1. The molecule has 0 amide bonds. The highest BCUT2D eigenvalue weighted by Crippen LogP contribution is 2.44. The number of H-pyrrole nitrogens is 1. The minimum Gasteiger partial charge on any atom is -0.440 e. The van der Waals surface area contributed by atoms with E-state index in [1.54, 1.807) is 12.1 Å². The third-order valence-corrected chi connectivity index (χ3v) is 4.34. The number of fused-ring (bicyclic) bond motifs is 2. The quantitative estimate of drug-likeness (QED) is 0.710. The van der Waals surface area contributed by atoms with Crippen LogP contribution in [-0.2, 0) is 0 Å². The van der Waals surface area contributed by atoms with Gasteiger partial charge in [0.15, 0.2) is 0 Å². The highest BCUT2D eigenvalue weighted by atomic mass is 35.5. The number of hydrogen-bond acceptors (Lipinski definition) is 3. The standard InChI is InChI=1S/C18H12ClN3O/c19-10-5-6-16-12(7-10)17(13(8-20)18(21)23-16)14-9-22-15-4-2-1-3-11(14)15/h1-7,9,17,22H,21H2. The van der Waals surface area contributed by atoms with Crippen LogP contribution in [-0.4, -0.2) is 4.98 Å². The lowest BCUT2D eigenvalue weighted by Crippen LogP contribution is -2.20. The number of benzene rings is 2. The van der Waals surface area contributed by atoms with Crippen molar-refractivity contribution in [3.05, 3.63) is 76.3 Å². The van der Waals surface area contributed by atoms with E-state index in [0.717, 1.165) is 22.0 Å². The van der Waals surface area contributed by atoms with Crippen molar-refractivity contribution in [3.8, 4) is 11.8 Å². The zero-order valence-electron chi connectivity index (χ0n) is 12.0. The molecule has 3 aromatic rings. The van der Waals surface area contributed by atoms with Crippen LogP contribution in [0.25, 0.3) is 10.9 Å². The van der Waals surface area contributed by atoms with Crippen molar-refractivity contribution in [1.29, 1.82) is 5.26 Å². The van der Waals surface area contributed by atoms with E-state index in [4.69, 9.17) is 22.1 Å². The Labute approximate surface area is 137 Å².